The lowest BCUT2D eigenvalue weighted by atomic mass is 10.1. The maximum Gasteiger partial charge on any atom is 0.342 e. The summed E-state index contributed by atoms with van der Waals surface area (Å²) in [5.74, 6) is -0.690. The number of nitrogens with one attached hydrogen (secondary N) is 1. The van der Waals surface area contributed by atoms with Gasteiger partial charge in [0.25, 0.3) is 11.6 Å². The number of non-ortho nitro benzene ring substituents is 1. The second-order valence-corrected chi connectivity index (χ2v) is 5.64. The van der Waals surface area contributed by atoms with Crippen molar-refractivity contribution in [2.75, 3.05) is 19.0 Å². The van der Waals surface area contributed by atoms with Gasteiger partial charge < -0.3 is 19.5 Å². The first-order chi connectivity index (χ1) is 13.3. The Hall–Kier alpha value is -3.62. The van der Waals surface area contributed by atoms with Gasteiger partial charge in [0.05, 0.1) is 18.6 Å². The molecule has 9 heteroatoms. The molecular weight excluding hydrogens is 368 g/mol. The minimum atomic E-state index is -1.14. The summed E-state index contributed by atoms with van der Waals surface area (Å²) in [6.45, 7) is 3.79. The Morgan fingerprint density at radius 1 is 1.18 bits per heavy atom. The number of carbonyl (C=O) groups is 2. The first-order valence-corrected chi connectivity index (χ1v) is 8.42. The molecule has 2 rings (SSSR count). The Kier molecular flexibility index (Phi) is 6.91. The second-order valence-electron chi connectivity index (χ2n) is 5.64. The van der Waals surface area contributed by atoms with Gasteiger partial charge in [-0.05, 0) is 44.2 Å². The number of benzene rings is 2. The van der Waals surface area contributed by atoms with Crippen LogP contribution >= 0.6 is 0 Å². The summed E-state index contributed by atoms with van der Waals surface area (Å²) in [6.07, 6.45) is -1.14. The summed E-state index contributed by atoms with van der Waals surface area (Å²) >= 11 is 0. The second kappa shape index (κ2) is 9.36. The van der Waals surface area contributed by atoms with E-state index in [1.165, 1.54) is 26.2 Å². The van der Waals surface area contributed by atoms with Crippen LogP contribution in [0.5, 0.6) is 11.5 Å². The smallest absolute Gasteiger partial charge is 0.342 e. The van der Waals surface area contributed by atoms with E-state index in [4.69, 9.17) is 14.2 Å². The molecule has 0 heterocycles. The number of nitro benzene ring substituents is 1. The highest BCUT2D eigenvalue weighted by Crippen LogP contribution is 2.25. The molecule has 0 aliphatic heterocycles. The highest BCUT2D eigenvalue weighted by molar-refractivity contribution is 5.98. The molecule has 0 aliphatic rings. The van der Waals surface area contributed by atoms with Gasteiger partial charge in [0.2, 0.25) is 0 Å². The Bertz CT molecular complexity index is 865. The first-order valence-electron chi connectivity index (χ1n) is 8.42. The Balaban J connectivity index is 2.06. The lowest BCUT2D eigenvalue weighted by molar-refractivity contribution is -0.384. The van der Waals surface area contributed by atoms with Crippen molar-refractivity contribution in [3.05, 3.63) is 58.1 Å². The van der Waals surface area contributed by atoms with E-state index in [9.17, 15) is 19.7 Å². The van der Waals surface area contributed by atoms with Crippen LogP contribution in [-0.2, 0) is 9.53 Å². The van der Waals surface area contributed by atoms with Crippen LogP contribution in [0, 0.1) is 10.1 Å². The van der Waals surface area contributed by atoms with Gasteiger partial charge in [-0.25, -0.2) is 4.79 Å². The maximum atomic E-state index is 12.4. The van der Waals surface area contributed by atoms with Crippen molar-refractivity contribution in [3.63, 3.8) is 0 Å². The molecule has 1 amide bonds. The van der Waals surface area contributed by atoms with Crippen molar-refractivity contribution in [2.45, 2.75) is 20.0 Å². The maximum absolute atomic E-state index is 12.4. The van der Waals surface area contributed by atoms with E-state index < -0.39 is 22.9 Å². The fourth-order valence-corrected chi connectivity index (χ4v) is 2.29. The lowest BCUT2D eigenvalue weighted by Gasteiger charge is -2.15. The largest absolute Gasteiger partial charge is 0.496 e. The number of hydrogen-bond acceptors (Lipinski definition) is 7. The predicted octanol–water partition coefficient (Wildman–Crippen LogP) is 3.19. The van der Waals surface area contributed by atoms with Gasteiger partial charge in [0.1, 0.15) is 17.1 Å². The summed E-state index contributed by atoms with van der Waals surface area (Å²) < 4.78 is 15.5. The van der Waals surface area contributed by atoms with Gasteiger partial charge in [-0.3, -0.25) is 14.9 Å². The third kappa shape index (κ3) is 5.19. The zero-order valence-corrected chi connectivity index (χ0v) is 15.6. The number of nitrogens with zero attached hydrogens (tertiary/aromatic N) is 1. The van der Waals surface area contributed by atoms with Crippen molar-refractivity contribution in [3.8, 4) is 11.5 Å². The molecule has 0 saturated carbocycles. The molecule has 1 N–H and O–H groups in total. The minimum absolute atomic E-state index is 0.106. The van der Waals surface area contributed by atoms with Crippen LogP contribution in [0.1, 0.15) is 24.2 Å². The Morgan fingerprint density at radius 3 is 2.43 bits per heavy atom. The van der Waals surface area contributed by atoms with E-state index in [-0.39, 0.29) is 17.0 Å². The molecule has 2 aromatic rings. The van der Waals surface area contributed by atoms with E-state index in [0.29, 0.717) is 18.0 Å². The topological polar surface area (TPSA) is 117 Å². The molecule has 0 saturated heterocycles. The molecule has 0 spiro atoms. The summed E-state index contributed by atoms with van der Waals surface area (Å²) in [6, 6.07) is 10.2. The SMILES string of the molecule is CCOc1ccc(NC(=O)[C@@H](C)OC(=O)c2cc([N+](=O)[O-])ccc2OC)cc1. The molecule has 0 unspecified atom stereocenters. The standard InChI is InChI=1S/C19H20N2O7/c1-4-27-15-8-5-13(6-9-15)20-18(22)12(2)28-19(23)16-11-14(21(24)25)7-10-17(16)26-3/h5-12H,4H2,1-3H3,(H,20,22)/t12-/m1/s1. The van der Waals surface area contributed by atoms with Crippen molar-refractivity contribution in [1.82, 2.24) is 0 Å². The number of methoxy groups -OCH3 is 1. The monoisotopic (exact) mass is 388 g/mol. The van der Waals surface area contributed by atoms with Gasteiger partial charge in [-0.2, -0.15) is 0 Å². The molecule has 0 fully saturated rings. The first kappa shape index (κ1) is 20.7. The number of anilines is 1. The molecule has 148 valence electrons. The zero-order chi connectivity index (χ0) is 20.7. The van der Waals surface area contributed by atoms with E-state index in [1.807, 2.05) is 6.92 Å². The fraction of sp³-hybridized carbons (Fsp3) is 0.263. The van der Waals surface area contributed by atoms with Crippen molar-refractivity contribution in [2.24, 2.45) is 0 Å². The Labute approximate surface area is 161 Å². The van der Waals surface area contributed by atoms with Gasteiger partial charge in [-0.15, -0.1) is 0 Å². The number of carbonyl (C=O) groups excluding carboxylic acids is 2. The number of rotatable bonds is 8. The van der Waals surface area contributed by atoms with E-state index >= 15 is 0 Å². The normalized spacial score (nSPS) is 11.2. The number of ether oxygens (including phenoxy) is 3. The quantitative estimate of drug-likeness (QED) is 0.419. The van der Waals surface area contributed by atoms with E-state index in [2.05, 4.69) is 5.32 Å². The van der Waals surface area contributed by atoms with Gasteiger partial charge >= 0.3 is 5.97 Å². The van der Waals surface area contributed by atoms with Crippen molar-refractivity contribution < 1.29 is 28.7 Å². The molecule has 0 aromatic heterocycles. The van der Waals surface area contributed by atoms with Crippen LogP contribution in [0.4, 0.5) is 11.4 Å². The molecule has 0 radical (unpaired) electrons. The van der Waals surface area contributed by atoms with Crippen LogP contribution in [-0.4, -0.2) is 36.6 Å². The van der Waals surface area contributed by atoms with Crippen LogP contribution in [0.15, 0.2) is 42.5 Å². The fourth-order valence-electron chi connectivity index (χ4n) is 2.29. The average molecular weight is 388 g/mol. The summed E-state index contributed by atoms with van der Waals surface area (Å²) in [4.78, 5) is 34.9. The van der Waals surface area contributed by atoms with Crippen molar-refractivity contribution in [1.29, 1.82) is 0 Å². The van der Waals surface area contributed by atoms with Crippen LogP contribution < -0.4 is 14.8 Å². The summed E-state index contributed by atoms with van der Waals surface area (Å²) in [5, 5.41) is 13.5. The molecule has 28 heavy (non-hydrogen) atoms. The van der Waals surface area contributed by atoms with Crippen LogP contribution in [0.2, 0.25) is 0 Å². The summed E-state index contributed by atoms with van der Waals surface area (Å²) in [7, 11) is 1.32. The third-order valence-corrected chi connectivity index (χ3v) is 3.70. The number of hydrogen-bond donors (Lipinski definition) is 1. The molecule has 9 nitrogen and oxygen atoms in total. The van der Waals surface area contributed by atoms with Gasteiger partial charge in [-0.1, -0.05) is 0 Å². The van der Waals surface area contributed by atoms with Crippen molar-refractivity contribution >= 4 is 23.3 Å². The molecule has 1 atom stereocenters. The number of nitro groups is 1. The highest BCUT2D eigenvalue weighted by atomic mass is 16.6. The van der Waals surface area contributed by atoms with Crippen LogP contribution in [0.25, 0.3) is 0 Å². The minimum Gasteiger partial charge on any atom is -0.496 e. The predicted molar refractivity (Wildman–Crippen MR) is 101 cm³/mol. The molecule has 2 aromatic carbocycles. The third-order valence-electron chi connectivity index (χ3n) is 3.70. The summed E-state index contributed by atoms with van der Waals surface area (Å²) in [5.41, 5.74) is 0.0703. The zero-order valence-electron chi connectivity index (χ0n) is 15.6. The van der Waals surface area contributed by atoms with Crippen LogP contribution in [0.3, 0.4) is 0 Å². The van der Waals surface area contributed by atoms with Gasteiger partial charge in [0.15, 0.2) is 6.10 Å². The average Bonchev–Trinajstić information content (AvgIpc) is 2.68. The van der Waals surface area contributed by atoms with Gasteiger partial charge in [0, 0.05) is 17.8 Å². The highest BCUT2D eigenvalue weighted by Gasteiger charge is 2.23. The van der Waals surface area contributed by atoms with E-state index in [0.717, 1.165) is 6.07 Å². The molecule has 0 aliphatic carbocycles. The number of esters is 1. The lowest BCUT2D eigenvalue weighted by Crippen LogP contribution is -2.30. The molecule has 0 bridgehead atoms. The Morgan fingerprint density at radius 2 is 1.86 bits per heavy atom. The van der Waals surface area contributed by atoms with E-state index in [1.54, 1.807) is 24.3 Å². The molecular formula is C19H20N2O7. The number of amides is 1.